The molecule has 0 atom stereocenters. The van der Waals surface area contributed by atoms with Crippen LogP contribution in [0.3, 0.4) is 0 Å². The highest BCUT2D eigenvalue weighted by atomic mass is 79.9. The lowest BCUT2D eigenvalue weighted by atomic mass is 10.2. The molecule has 0 unspecified atom stereocenters. The summed E-state index contributed by atoms with van der Waals surface area (Å²) in [6.07, 6.45) is 0. The maximum absolute atomic E-state index is 12.1. The van der Waals surface area contributed by atoms with Gasteiger partial charge in [0.25, 0.3) is 15.0 Å². The Kier molecular flexibility index (Phi) is 5.79. The number of carbonyl (C=O) groups is 1. The minimum absolute atomic E-state index is 0.125. The van der Waals surface area contributed by atoms with Crippen molar-refractivity contribution in [1.29, 1.82) is 0 Å². The number of halogens is 2. The molecular formula is C11H13BrClNO4S. The molecule has 5 nitrogen and oxygen atoms in total. The molecule has 0 N–H and O–H groups in total. The molecule has 0 aliphatic heterocycles. The van der Waals surface area contributed by atoms with Crippen molar-refractivity contribution in [2.24, 2.45) is 0 Å². The minimum atomic E-state index is -3.90. The van der Waals surface area contributed by atoms with Gasteiger partial charge >= 0.3 is 0 Å². The number of methoxy groups -OCH3 is 1. The van der Waals surface area contributed by atoms with Crippen LogP contribution >= 0.6 is 26.6 Å². The Labute approximate surface area is 125 Å². The monoisotopic (exact) mass is 369 g/mol. The van der Waals surface area contributed by atoms with Crippen molar-refractivity contribution in [3.63, 3.8) is 0 Å². The fraction of sp³-hybridized carbons (Fsp3) is 0.364. The average molecular weight is 371 g/mol. The van der Waals surface area contributed by atoms with Gasteiger partial charge in [0.2, 0.25) is 0 Å². The maximum atomic E-state index is 12.1. The first kappa shape index (κ1) is 16.4. The summed E-state index contributed by atoms with van der Waals surface area (Å²) in [5.74, 6) is -0.300. The Hall–Kier alpha value is -0.630. The van der Waals surface area contributed by atoms with Crippen LogP contribution in [0.5, 0.6) is 0 Å². The number of carbonyl (C=O) groups excluding carboxylic acids is 1. The number of hydrogen-bond acceptors (Lipinski definition) is 4. The Morgan fingerprint density at radius 2 is 2.11 bits per heavy atom. The summed E-state index contributed by atoms with van der Waals surface area (Å²) in [5, 5.41) is 0. The lowest BCUT2D eigenvalue weighted by Crippen LogP contribution is -2.30. The number of rotatable bonds is 5. The van der Waals surface area contributed by atoms with Gasteiger partial charge < -0.3 is 9.64 Å². The van der Waals surface area contributed by atoms with Crippen LogP contribution in [0.4, 0.5) is 0 Å². The van der Waals surface area contributed by atoms with Crippen LogP contribution in [0.25, 0.3) is 0 Å². The topological polar surface area (TPSA) is 63.7 Å². The fourth-order valence-corrected chi connectivity index (χ4v) is 3.49. The summed E-state index contributed by atoms with van der Waals surface area (Å²) in [6, 6.07) is 4.26. The summed E-state index contributed by atoms with van der Waals surface area (Å²) in [5.41, 5.74) is 0.251. The molecule has 19 heavy (non-hydrogen) atoms. The third-order valence-electron chi connectivity index (χ3n) is 2.42. The average Bonchev–Trinajstić information content (AvgIpc) is 2.34. The third kappa shape index (κ3) is 4.45. The highest BCUT2D eigenvalue weighted by Crippen LogP contribution is 2.26. The van der Waals surface area contributed by atoms with Crippen molar-refractivity contribution < 1.29 is 17.9 Å². The molecule has 1 aromatic rings. The molecule has 0 radical (unpaired) electrons. The highest BCUT2D eigenvalue weighted by molar-refractivity contribution is 9.10. The largest absolute Gasteiger partial charge is 0.383 e. The molecule has 106 valence electrons. The number of amides is 1. The van der Waals surface area contributed by atoms with Crippen molar-refractivity contribution in [2.45, 2.75) is 4.90 Å². The van der Waals surface area contributed by atoms with Crippen LogP contribution in [-0.2, 0) is 13.8 Å². The standard InChI is InChI=1S/C11H13BrClNO4S/c1-14(5-6-18-2)11(15)8-3-4-9(12)10(7-8)19(13,16)17/h3-4,7H,5-6H2,1-2H3. The first-order valence-electron chi connectivity index (χ1n) is 5.26. The van der Waals surface area contributed by atoms with E-state index in [2.05, 4.69) is 15.9 Å². The van der Waals surface area contributed by atoms with E-state index in [1.54, 1.807) is 7.05 Å². The maximum Gasteiger partial charge on any atom is 0.262 e. The van der Waals surface area contributed by atoms with Crippen molar-refractivity contribution in [1.82, 2.24) is 4.90 Å². The summed E-state index contributed by atoms with van der Waals surface area (Å²) in [6.45, 7) is 0.813. The molecule has 0 saturated carbocycles. The zero-order valence-corrected chi connectivity index (χ0v) is 13.5. The van der Waals surface area contributed by atoms with E-state index in [0.29, 0.717) is 17.6 Å². The van der Waals surface area contributed by atoms with E-state index >= 15 is 0 Å². The van der Waals surface area contributed by atoms with E-state index in [9.17, 15) is 13.2 Å². The van der Waals surface area contributed by atoms with Crippen molar-refractivity contribution in [3.05, 3.63) is 28.2 Å². The second-order valence-electron chi connectivity index (χ2n) is 3.80. The van der Waals surface area contributed by atoms with Crippen molar-refractivity contribution in [2.75, 3.05) is 27.3 Å². The second kappa shape index (κ2) is 6.69. The van der Waals surface area contributed by atoms with Crippen LogP contribution in [0, 0.1) is 0 Å². The summed E-state index contributed by atoms with van der Waals surface area (Å²) >= 11 is 3.09. The number of benzene rings is 1. The van der Waals surface area contributed by atoms with Gasteiger partial charge in [-0.05, 0) is 34.1 Å². The van der Waals surface area contributed by atoms with Gasteiger partial charge in [-0.25, -0.2) is 8.42 Å². The zero-order valence-electron chi connectivity index (χ0n) is 10.4. The summed E-state index contributed by atoms with van der Waals surface area (Å²) in [7, 11) is 4.55. The van der Waals surface area contributed by atoms with Gasteiger partial charge in [-0.2, -0.15) is 0 Å². The molecule has 0 fully saturated rings. The normalized spacial score (nSPS) is 11.4. The Morgan fingerprint density at radius 1 is 1.47 bits per heavy atom. The van der Waals surface area contributed by atoms with Gasteiger partial charge in [0, 0.05) is 41.4 Å². The second-order valence-corrected chi connectivity index (χ2v) is 7.19. The molecular weight excluding hydrogens is 358 g/mol. The minimum Gasteiger partial charge on any atom is -0.383 e. The Balaban J connectivity index is 3.06. The molecule has 0 aromatic heterocycles. The molecule has 0 spiro atoms. The van der Waals surface area contributed by atoms with Crippen LogP contribution in [-0.4, -0.2) is 46.5 Å². The van der Waals surface area contributed by atoms with Gasteiger partial charge in [0.15, 0.2) is 0 Å². The highest BCUT2D eigenvalue weighted by Gasteiger charge is 2.19. The van der Waals surface area contributed by atoms with E-state index in [0.717, 1.165) is 0 Å². The van der Waals surface area contributed by atoms with Crippen LogP contribution in [0.2, 0.25) is 0 Å². The van der Waals surface area contributed by atoms with E-state index in [1.807, 2.05) is 0 Å². The molecule has 0 aliphatic rings. The van der Waals surface area contributed by atoms with E-state index < -0.39 is 9.05 Å². The zero-order chi connectivity index (χ0) is 14.6. The SMILES string of the molecule is COCCN(C)C(=O)c1ccc(Br)c(S(=O)(=O)Cl)c1. The number of likely N-dealkylation sites (N-methyl/N-ethyl adjacent to an activating group) is 1. The molecule has 0 bridgehead atoms. The molecule has 0 saturated heterocycles. The predicted octanol–water partition coefficient (Wildman–Crippen LogP) is 2.10. The predicted molar refractivity (Wildman–Crippen MR) is 76.0 cm³/mol. The molecule has 0 heterocycles. The van der Waals surface area contributed by atoms with E-state index in [-0.39, 0.29) is 16.4 Å². The van der Waals surface area contributed by atoms with Crippen LogP contribution in [0.1, 0.15) is 10.4 Å². The van der Waals surface area contributed by atoms with Gasteiger partial charge in [-0.3, -0.25) is 4.79 Å². The van der Waals surface area contributed by atoms with Gasteiger partial charge in [-0.15, -0.1) is 0 Å². The summed E-state index contributed by atoms with van der Waals surface area (Å²) in [4.78, 5) is 13.4. The quantitative estimate of drug-likeness (QED) is 0.745. The van der Waals surface area contributed by atoms with E-state index in [1.165, 1.54) is 30.2 Å². The van der Waals surface area contributed by atoms with Gasteiger partial charge in [-0.1, -0.05) is 0 Å². The van der Waals surface area contributed by atoms with Gasteiger partial charge in [0.1, 0.15) is 0 Å². The number of hydrogen-bond donors (Lipinski definition) is 0. The Bertz CT molecular complexity index is 576. The smallest absolute Gasteiger partial charge is 0.262 e. The first-order valence-corrected chi connectivity index (χ1v) is 8.36. The molecule has 1 aromatic carbocycles. The lowest BCUT2D eigenvalue weighted by Gasteiger charge is -2.17. The van der Waals surface area contributed by atoms with Crippen molar-refractivity contribution in [3.8, 4) is 0 Å². The lowest BCUT2D eigenvalue weighted by molar-refractivity contribution is 0.0744. The molecule has 8 heteroatoms. The first-order chi connectivity index (χ1) is 8.77. The molecule has 0 aliphatic carbocycles. The van der Waals surface area contributed by atoms with Crippen molar-refractivity contribution >= 4 is 41.6 Å². The Morgan fingerprint density at radius 3 is 2.63 bits per heavy atom. The van der Waals surface area contributed by atoms with Crippen LogP contribution in [0.15, 0.2) is 27.6 Å². The molecule has 1 rings (SSSR count). The third-order valence-corrected chi connectivity index (χ3v) is 4.73. The number of nitrogens with zero attached hydrogens (tertiary/aromatic N) is 1. The van der Waals surface area contributed by atoms with E-state index in [4.69, 9.17) is 15.4 Å². The van der Waals surface area contributed by atoms with Crippen LogP contribution < -0.4 is 0 Å². The summed E-state index contributed by atoms with van der Waals surface area (Å²) < 4.78 is 27.9. The molecule has 1 amide bonds. The van der Waals surface area contributed by atoms with Gasteiger partial charge in [0.05, 0.1) is 11.5 Å². The number of ether oxygens (including phenoxy) is 1. The fourth-order valence-electron chi connectivity index (χ4n) is 1.37.